The predicted octanol–water partition coefficient (Wildman–Crippen LogP) is 2.33. The molecule has 0 aliphatic rings. The zero-order chi connectivity index (χ0) is 13.0. The molecule has 6 heteroatoms. The highest BCUT2D eigenvalue weighted by molar-refractivity contribution is 7.10. The summed E-state index contributed by atoms with van der Waals surface area (Å²) in [4.78, 5) is 11.6. The Labute approximate surface area is 113 Å². The largest absolute Gasteiger partial charge is 0.478 e. The monoisotopic (exact) mass is 283 g/mol. The van der Waals surface area contributed by atoms with E-state index in [1.807, 2.05) is 16.8 Å². The fourth-order valence-electron chi connectivity index (χ4n) is 1.50. The van der Waals surface area contributed by atoms with Gasteiger partial charge in [0.25, 0.3) is 0 Å². The number of thiophene rings is 2. The predicted molar refractivity (Wildman–Crippen MR) is 72.3 cm³/mol. The summed E-state index contributed by atoms with van der Waals surface area (Å²) in [6.07, 6.45) is -0.518. The van der Waals surface area contributed by atoms with Gasteiger partial charge in [-0.2, -0.15) is 11.3 Å². The van der Waals surface area contributed by atoms with Crippen molar-refractivity contribution in [3.8, 4) is 0 Å². The summed E-state index contributed by atoms with van der Waals surface area (Å²) in [7, 11) is 0. The first-order chi connectivity index (χ1) is 8.66. The lowest BCUT2D eigenvalue weighted by Crippen LogP contribution is -2.20. The molecule has 1 atom stereocenters. The van der Waals surface area contributed by atoms with Crippen molar-refractivity contribution < 1.29 is 15.0 Å². The Hall–Kier alpha value is -1.21. The molecule has 96 valence electrons. The first-order valence-electron chi connectivity index (χ1n) is 5.38. The molecule has 3 N–H and O–H groups in total. The molecular weight excluding hydrogens is 270 g/mol. The molecule has 0 spiro atoms. The molecule has 0 radical (unpaired) electrons. The molecule has 4 nitrogen and oxygen atoms in total. The number of aliphatic hydroxyl groups excluding tert-OH is 1. The number of hydrogen-bond acceptors (Lipinski definition) is 5. The van der Waals surface area contributed by atoms with E-state index in [0.717, 1.165) is 10.4 Å². The number of rotatable bonds is 6. The summed E-state index contributed by atoms with van der Waals surface area (Å²) in [5.74, 6) is -0.907. The number of carbonyl (C=O) groups is 1. The van der Waals surface area contributed by atoms with Gasteiger partial charge in [0.05, 0.1) is 11.7 Å². The van der Waals surface area contributed by atoms with Crippen molar-refractivity contribution in [2.45, 2.75) is 12.6 Å². The summed E-state index contributed by atoms with van der Waals surface area (Å²) in [5, 5.41) is 27.2. The van der Waals surface area contributed by atoms with Crippen molar-refractivity contribution in [2.75, 3.05) is 6.54 Å². The molecule has 1 unspecified atom stereocenters. The summed E-state index contributed by atoms with van der Waals surface area (Å²) >= 11 is 2.96. The lowest BCUT2D eigenvalue weighted by molar-refractivity contribution is 0.0697. The highest BCUT2D eigenvalue weighted by Crippen LogP contribution is 2.17. The molecule has 0 saturated carbocycles. The van der Waals surface area contributed by atoms with Gasteiger partial charge in [0.1, 0.15) is 0 Å². The van der Waals surface area contributed by atoms with E-state index in [4.69, 9.17) is 5.11 Å². The van der Waals surface area contributed by atoms with Crippen LogP contribution in [0.1, 0.15) is 26.9 Å². The van der Waals surface area contributed by atoms with Crippen LogP contribution in [0.5, 0.6) is 0 Å². The Balaban J connectivity index is 1.79. The Kier molecular flexibility index (Phi) is 4.48. The molecule has 2 aromatic rings. The third-order valence-corrected chi connectivity index (χ3v) is 4.10. The molecule has 2 rings (SSSR count). The molecule has 18 heavy (non-hydrogen) atoms. The fourth-order valence-corrected chi connectivity index (χ4v) is 3.03. The summed E-state index contributed by atoms with van der Waals surface area (Å²) in [6, 6.07) is 3.54. The normalized spacial score (nSPS) is 12.5. The molecule has 0 saturated heterocycles. The Morgan fingerprint density at radius 3 is 2.89 bits per heavy atom. The second-order valence-corrected chi connectivity index (χ2v) is 5.59. The van der Waals surface area contributed by atoms with Gasteiger partial charge in [0.15, 0.2) is 0 Å². The van der Waals surface area contributed by atoms with E-state index >= 15 is 0 Å². The van der Waals surface area contributed by atoms with Crippen molar-refractivity contribution >= 4 is 28.6 Å². The number of carboxylic acid groups (broad SMARTS) is 1. The lowest BCUT2D eigenvalue weighted by Gasteiger charge is -2.09. The molecule has 2 heterocycles. The van der Waals surface area contributed by atoms with E-state index in [1.54, 1.807) is 22.8 Å². The first kappa shape index (κ1) is 13.2. The maximum atomic E-state index is 10.7. The van der Waals surface area contributed by atoms with Crippen molar-refractivity contribution in [1.82, 2.24) is 5.32 Å². The topological polar surface area (TPSA) is 69.6 Å². The number of aromatic carboxylic acids is 1. The molecule has 2 aromatic heterocycles. The van der Waals surface area contributed by atoms with Gasteiger partial charge < -0.3 is 15.5 Å². The van der Waals surface area contributed by atoms with E-state index in [9.17, 15) is 9.90 Å². The lowest BCUT2D eigenvalue weighted by atomic mass is 10.2. The summed E-state index contributed by atoms with van der Waals surface area (Å²) < 4.78 is 0. The fraction of sp³-hybridized carbons (Fsp3) is 0.250. The summed E-state index contributed by atoms with van der Waals surface area (Å²) in [6.45, 7) is 1.02. The molecule has 0 amide bonds. The minimum absolute atomic E-state index is 0.315. The molecule has 0 fully saturated rings. The first-order valence-corrected chi connectivity index (χ1v) is 7.20. The van der Waals surface area contributed by atoms with Gasteiger partial charge in [-0.3, -0.25) is 0 Å². The van der Waals surface area contributed by atoms with Crippen LogP contribution >= 0.6 is 22.7 Å². The highest BCUT2D eigenvalue weighted by Gasteiger charge is 2.09. The van der Waals surface area contributed by atoms with Crippen LogP contribution < -0.4 is 5.32 Å². The number of nitrogens with one attached hydrogen (secondary N) is 1. The third-order valence-electron chi connectivity index (χ3n) is 2.47. The van der Waals surface area contributed by atoms with E-state index in [1.165, 1.54) is 11.3 Å². The SMILES string of the molecule is O=C(O)c1csc(CNCC(O)c2ccsc2)c1. The zero-order valence-corrected chi connectivity index (χ0v) is 11.1. The Morgan fingerprint density at radius 2 is 2.28 bits per heavy atom. The van der Waals surface area contributed by atoms with Crippen LogP contribution in [0.15, 0.2) is 28.3 Å². The van der Waals surface area contributed by atoms with Crippen molar-refractivity contribution in [3.05, 3.63) is 44.3 Å². The Morgan fingerprint density at radius 1 is 1.44 bits per heavy atom. The van der Waals surface area contributed by atoms with Crippen LogP contribution in [0.2, 0.25) is 0 Å². The highest BCUT2D eigenvalue weighted by atomic mass is 32.1. The van der Waals surface area contributed by atoms with E-state index in [-0.39, 0.29) is 0 Å². The Bertz CT molecular complexity index is 507. The van der Waals surface area contributed by atoms with Crippen molar-refractivity contribution in [3.63, 3.8) is 0 Å². The van der Waals surface area contributed by atoms with Crippen molar-refractivity contribution in [2.24, 2.45) is 0 Å². The molecule has 0 aromatic carbocycles. The second-order valence-electron chi connectivity index (χ2n) is 3.81. The van der Waals surface area contributed by atoms with Crippen LogP contribution in [0.25, 0.3) is 0 Å². The van der Waals surface area contributed by atoms with Crippen LogP contribution in [0.4, 0.5) is 0 Å². The average molecular weight is 283 g/mol. The van der Waals surface area contributed by atoms with E-state index in [0.29, 0.717) is 18.7 Å². The number of aliphatic hydroxyl groups is 1. The smallest absolute Gasteiger partial charge is 0.336 e. The second kappa shape index (κ2) is 6.10. The van der Waals surface area contributed by atoms with Gasteiger partial charge in [-0.05, 0) is 28.5 Å². The summed E-state index contributed by atoms with van der Waals surface area (Å²) in [5.41, 5.74) is 1.22. The molecule has 0 aliphatic carbocycles. The van der Waals surface area contributed by atoms with E-state index < -0.39 is 12.1 Å². The van der Waals surface area contributed by atoms with Crippen LogP contribution in [-0.4, -0.2) is 22.7 Å². The zero-order valence-electron chi connectivity index (χ0n) is 9.50. The molecule has 0 bridgehead atoms. The minimum Gasteiger partial charge on any atom is -0.478 e. The van der Waals surface area contributed by atoms with Gasteiger partial charge in [0, 0.05) is 23.3 Å². The maximum absolute atomic E-state index is 10.7. The standard InChI is InChI=1S/C12H13NO3S2/c14-11(8-1-2-17-6-8)5-13-4-10-3-9(7-18-10)12(15)16/h1-3,6-7,11,13-14H,4-5H2,(H,15,16). The van der Waals surface area contributed by atoms with E-state index in [2.05, 4.69) is 5.32 Å². The quantitative estimate of drug-likeness (QED) is 0.761. The molecule has 0 aliphatic heterocycles. The minimum atomic E-state index is -0.907. The third kappa shape index (κ3) is 3.39. The number of hydrogen-bond donors (Lipinski definition) is 3. The van der Waals surface area contributed by atoms with Gasteiger partial charge in [-0.15, -0.1) is 11.3 Å². The van der Waals surface area contributed by atoms with Gasteiger partial charge >= 0.3 is 5.97 Å². The van der Waals surface area contributed by atoms with Crippen LogP contribution in [-0.2, 0) is 6.54 Å². The van der Waals surface area contributed by atoms with Crippen molar-refractivity contribution in [1.29, 1.82) is 0 Å². The number of carboxylic acids is 1. The van der Waals surface area contributed by atoms with Gasteiger partial charge in [-0.25, -0.2) is 4.79 Å². The average Bonchev–Trinajstić information content (AvgIpc) is 3.00. The van der Waals surface area contributed by atoms with Gasteiger partial charge in [0.2, 0.25) is 0 Å². The van der Waals surface area contributed by atoms with Crippen LogP contribution in [0, 0.1) is 0 Å². The molecular formula is C12H13NO3S2. The van der Waals surface area contributed by atoms with Crippen LogP contribution in [0.3, 0.4) is 0 Å². The van der Waals surface area contributed by atoms with Gasteiger partial charge in [-0.1, -0.05) is 0 Å². The maximum Gasteiger partial charge on any atom is 0.336 e.